The topological polar surface area (TPSA) is 47.6 Å². The number of aryl methyl sites for hydroxylation is 1. The Hall–Kier alpha value is -1.55. The highest BCUT2D eigenvalue weighted by Gasteiger charge is 2.08. The van der Waals surface area contributed by atoms with Crippen molar-refractivity contribution in [3.05, 3.63) is 23.8 Å². The van der Waals surface area contributed by atoms with Gasteiger partial charge in [-0.3, -0.25) is 4.79 Å². The van der Waals surface area contributed by atoms with Crippen LogP contribution in [0.25, 0.3) is 0 Å². The number of hydrogen-bond acceptors (Lipinski definition) is 3. The molecule has 1 amide bonds. The van der Waals surface area contributed by atoms with Crippen LogP contribution in [0, 0.1) is 6.92 Å². The largest absolute Gasteiger partial charge is 0.495 e. The molecule has 0 saturated heterocycles. The highest BCUT2D eigenvalue weighted by molar-refractivity contribution is 5.93. The minimum absolute atomic E-state index is 0.0423. The quantitative estimate of drug-likeness (QED) is 0.855. The molecule has 0 aromatic heterocycles. The van der Waals surface area contributed by atoms with E-state index in [1.165, 1.54) is 0 Å². The van der Waals surface area contributed by atoms with Gasteiger partial charge in [-0.1, -0.05) is 6.07 Å². The van der Waals surface area contributed by atoms with Gasteiger partial charge in [0.05, 0.1) is 18.9 Å². The SMILES string of the molecule is COc1cc(C)ccc1NC(=O)COC(C)C. The Balaban J connectivity index is 2.64. The fourth-order valence-corrected chi connectivity index (χ4v) is 1.33. The first-order valence-electron chi connectivity index (χ1n) is 5.59. The Bertz CT molecular complexity index is 388. The summed E-state index contributed by atoms with van der Waals surface area (Å²) >= 11 is 0. The highest BCUT2D eigenvalue weighted by Crippen LogP contribution is 2.25. The van der Waals surface area contributed by atoms with Gasteiger partial charge in [-0.25, -0.2) is 0 Å². The zero-order valence-electron chi connectivity index (χ0n) is 10.7. The third-order valence-electron chi connectivity index (χ3n) is 2.18. The summed E-state index contributed by atoms with van der Waals surface area (Å²) in [6.07, 6.45) is 0.0423. The van der Waals surface area contributed by atoms with E-state index in [0.29, 0.717) is 11.4 Å². The lowest BCUT2D eigenvalue weighted by molar-refractivity contribution is -0.121. The van der Waals surface area contributed by atoms with Crippen molar-refractivity contribution in [2.45, 2.75) is 26.9 Å². The minimum Gasteiger partial charge on any atom is -0.495 e. The van der Waals surface area contributed by atoms with Crippen molar-refractivity contribution in [3.63, 3.8) is 0 Å². The average Bonchev–Trinajstić information content (AvgIpc) is 2.28. The molecule has 1 aromatic rings. The van der Waals surface area contributed by atoms with Crippen molar-refractivity contribution in [1.82, 2.24) is 0 Å². The van der Waals surface area contributed by atoms with Crippen molar-refractivity contribution in [1.29, 1.82) is 0 Å². The van der Waals surface area contributed by atoms with Gasteiger partial charge in [0.1, 0.15) is 12.4 Å². The van der Waals surface area contributed by atoms with E-state index >= 15 is 0 Å². The number of carbonyl (C=O) groups is 1. The van der Waals surface area contributed by atoms with Crippen LogP contribution in [-0.2, 0) is 9.53 Å². The summed E-state index contributed by atoms with van der Waals surface area (Å²) in [4.78, 5) is 11.6. The van der Waals surface area contributed by atoms with Crippen LogP contribution in [0.3, 0.4) is 0 Å². The monoisotopic (exact) mass is 237 g/mol. The van der Waals surface area contributed by atoms with Crippen LogP contribution in [-0.4, -0.2) is 25.7 Å². The van der Waals surface area contributed by atoms with E-state index in [1.807, 2.05) is 39.0 Å². The summed E-state index contributed by atoms with van der Waals surface area (Å²) in [7, 11) is 1.58. The van der Waals surface area contributed by atoms with Crippen LogP contribution in [0.4, 0.5) is 5.69 Å². The van der Waals surface area contributed by atoms with Gasteiger partial charge in [0.25, 0.3) is 0 Å². The third kappa shape index (κ3) is 4.44. The number of anilines is 1. The van der Waals surface area contributed by atoms with E-state index in [9.17, 15) is 4.79 Å². The van der Waals surface area contributed by atoms with Gasteiger partial charge < -0.3 is 14.8 Å². The van der Waals surface area contributed by atoms with Gasteiger partial charge in [-0.05, 0) is 38.5 Å². The molecule has 0 bridgehead atoms. The number of hydrogen-bond donors (Lipinski definition) is 1. The Morgan fingerprint density at radius 1 is 1.41 bits per heavy atom. The van der Waals surface area contributed by atoms with E-state index in [1.54, 1.807) is 7.11 Å². The van der Waals surface area contributed by atoms with Crippen LogP contribution in [0.2, 0.25) is 0 Å². The summed E-state index contributed by atoms with van der Waals surface area (Å²) in [5.74, 6) is 0.476. The Kier molecular flexibility index (Phi) is 4.97. The molecule has 0 fully saturated rings. The minimum atomic E-state index is -0.180. The molecule has 0 radical (unpaired) electrons. The lowest BCUT2D eigenvalue weighted by Gasteiger charge is -2.12. The third-order valence-corrected chi connectivity index (χ3v) is 2.18. The number of benzene rings is 1. The predicted octanol–water partition coefficient (Wildman–Crippen LogP) is 2.37. The molecular formula is C13H19NO3. The van der Waals surface area contributed by atoms with Gasteiger partial charge in [-0.15, -0.1) is 0 Å². The van der Waals surface area contributed by atoms with E-state index in [0.717, 1.165) is 5.56 Å². The van der Waals surface area contributed by atoms with Crippen molar-refractivity contribution in [3.8, 4) is 5.75 Å². The second-order valence-electron chi connectivity index (χ2n) is 4.11. The van der Waals surface area contributed by atoms with Gasteiger partial charge in [0.2, 0.25) is 5.91 Å². The molecular weight excluding hydrogens is 218 g/mol. The van der Waals surface area contributed by atoms with Gasteiger partial charge >= 0.3 is 0 Å². The van der Waals surface area contributed by atoms with Crippen molar-refractivity contribution < 1.29 is 14.3 Å². The molecule has 1 aromatic carbocycles. The van der Waals surface area contributed by atoms with E-state index in [2.05, 4.69) is 5.32 Å². The first-order valence-corrected chi connectivity index (χ1v) is 5.59. The molecule has 4 nitrogen and oxygen atoms in total. The molecule has 0 aliphatic heterocycles. The number of rotatable bonds is 5. The zero-order chi connectivity index (χ0) is 12.8. The predicted molar refractivity (Wildman–Crippen MR) is 67.4 cm³/mol. The number of methoxy groups -OCH3 is 1. The normalized spacial score (nSPS) is 10.4. The van der Waals surface area contributed by atoms with E-state index < -0.39 is 0 Å². The summed E-state index contributed by atoms with van der Waals surface area (Å²) in [6.45, 7) is 5.80. The fraction of sp³-hybridized carbons (Fsp3) is 0.462. The average molecular weight is 237 g/mol. The van der Waals surface area contributed by atoms with Crippen LogP contribution < -0.4 is 10.1 Å². The molecule has 0 saturated carbocycles. The van der Waals surface area contributed by atoms with E-state index in [4.69, 9.17) is 9.47 Å². The second kappa shape index (κ2) is 6.25. The smallest absolute Gasteiger partial charge is 0.250 e. The van der Waals surface area contributed by atoms with Crippen LogP contribution in [0.5, 0.6) is 5.75 Å². The van der Waals surface area contributed by atoms with Crippen molar-refractivity contribution in [2.24, 2.45) is 0 Å². The van der Waals surface area contributed by atoms with Crippen molar-refractivity contribution >= 4 is 11.6 Å². The molecule has 4 heteroatoms. The van der Waals surface area contributed by atoms with Crippen LogP contribution in [0.1, 0.15) is 19.4 Å². The number of carbonyl (C=O) groups excluding carboxylic acids is 1. The molecule has 17 heavy (non-hydrogen) atoms. The molecule has 0 aliphatic rings. The van der Waals surface area contributed by atoms with Crippen molar-refractivity contribution in [2.75, 3.05) is 19.0 Å². The zero-order valence-corrected chi connectivity index (χ0v) is 10.7. The summed E-state index contributed by atoms with van der Waals surface area (Å²) in [5.41, 5.74) is 1.74. The molecule has 0 unspecified atom stereocenters. The maximum atomic E-state index is 11.6. The first-order chi connectivity index (χ1) is 8.02. The molecule has 94 valence electrons. The Labute approximate surface area is 102 Å². The lowest BCUT2D eigenvalue weighted by Crippen LogP contribution is -2.20. The molecule has 0 aliphatic carbocycles. The Morgan fingerprint density at radius 2 is 2.12 bits per heavy atom. The standard InChI is InChI=1S/C13H19NO3/c1-9(2)17-8-13(15)14-11-6-5-10(3)7-12(11)16-4/h5-7,9H,8H2,1-4H3,(H,14,15). The lowest BCUT2D eigenvalue weighted by atomic mass is 10.2. The fourth-order valence-electron chi connectivity index (χ4n) is 1.33. The number of nitrogens with one attached hydrogen (secondary N) is 1. The number of ether oxygens (including phenoxy) is 2. The molecule has 0 atom stereocenters. The summed E-state index contributed by atoms with van der Waals surface area (Å²) in [6, 6.07) is 5.61. The van der Waals surface area contributed by atoms with Crippen LogP contribution >= 0.6 is 0 Å². The molecule has 0 spiro atoms. The summed E-state index contributed by atoms with van der Waals surface area (Å²) in [5, 5.41) is 2.76. The molecule has 1 N–H and O–H groups in total. The highest BCUT2D eigenvalue weighted by atomic mass is 16.5. The number of amides is 1. The Morgan fingerprint density at radius 3 is 2.71 bits per heavy atom. The second-order valence-corrected chi connectivity index (χ2v) is 4.11. The van der Waals surface area contributed by atoms with Gasteiger partial charge in [0, 0.05) is 0 Å². The first kappa shape index (κ1) is 13.5. The maximum absolute atomic E-state index is 11.6. The van der Waals surface area contributed by atoms with Gasteiger partial charge in [0.15, 0.2) is 0 Å². The summed E-state index contributed by atoms with van der Waals surface area (Å²) < 4.78 is 10.4. The maximum Gasteiger partial charge on any atom is 0.250 e. The van der Waals surface area contributed by atoms with Crippen LogP contribution in [0.15, 0.2) is 18.2 Å². The van der Waals surface area contributed by atoms with Gasteiger partial charge in [-0.2, -0.15) is 0 Å². The molecule has 1 rings (SSSR count). The molecule has 0 heterocycles. The van der Waals surface area contributed by atoms with E-state index in [-0.39, 0.29) is 18.6 Å².